The Morgan fingerprint density at radius 3 is 2.05 bits per heavy atom. The molecule has 0 spiro atoms. The number of allylic oxidation sites excluding steroid dienone is 6. The molecule has 0 radical (unpaired) electrons. The number of carbonyl (C=O) groups excluding carboxylic acids is 1. The van der Waals surface area contributed by atoms with Gasteiger partial charge in [0.15, 0.2) is 0 Å². The molecular weight excluding hydrogens is 248 g/mol. The number of carbonyl (C=O) groups is 1. The van der Waals surface area contributed by atoms with Crippen molar-refractivity contribution in [1.82, 2.24) is 0 Å². The van der Waals surface area contributed by atoms with Crippen LogP contribution in [-0.4, -0.2) is 13.1 Å². The molecular formula is C18H30O2. The fraction of sp³-hybridized carbons (Fsp3) is 0.611. The highest BCUT2D eigenvalue weighted by Gasteiger charge is 1.98. The number of hydrogen-bond acceptors (Lipinski definition) is 2. The van der Waals surface area contributed by atoms with Gasteiger partial charge in [0.1, 0.15) is 0 Å². The van der Waals surface area contributed by atoms with E-state index in [1.54, 1.807) is 0 Å². The molecule has 0 unspecified atom stereocenters. The van der Waals surface area contributed by atoms with Crippen molar-refractivity contribution in [1.29, 1.82) is 0 Å². The lowest BCUT2D eigenvalue weighted by Gasteiger charge is -1.98. The van der Waals surface area contributed by atoms with Gasteiger partial charge in [-0.05, 0) is 25.7 Å². The number of methoxy groups -OCH3 is 1. The first-order chi connectivity index (χ1) is 9.81. The lowest BCUT2D eigenvalue weighted by atomic mass is 10.1. The molecule has 0 saturated carbocycles. The first-order valence-corrected chi connectivity index (χ1v) is 7.86. The van der Waals surface area contributed by atoms with Gasteiger partial charge in [-0.15, -0.1) is 0 Å². The van der Waals surface area contributed by atoms with Crippen LogP contribution in [-0.2, 0) is 9.53 Å². The maximum atomic E-state index is 10.9. The van der Waals surface area contributed by atoms with Crippen LogP contribution in [0.15, 0.2) is 36.5 Å². The van der Waals surface area contributed by atoms with Crippen molar-refractivity contribution in [2.24, 2.45) is 0 Å². The van der Waals surface area contributed by atoms with Gasteiger partial charge in [-0.2, -0.15) is 0 Å². The Hall–Kier alpha value is -1.31. The maximum absolute atomic E-state index is 10.9. The third-order valence-corrected chi connectivity index (χ3v) is 3.06. The van der Waals surface area contributed by atoms with Crippen LogP contribution in [0.2, 0.25) is 0 Å². The van der Waals surface area contributed by atoms with Crippen LogP contribution >= 0.6 is 0 Å². The molecule has 2 nitrogen and oxygen atoms in total. The van der Waals surface area contributed by atoms with Crippen molar-refractivity contribution in [3.63, 3.8) is 0 Å². The largest absolute Gasteiger partial charge is 0.469 e. The van der Waals surface area contributed by atoms with E-state index in [-0.39, 0.29) is 5.97 Å². The van der Waals surface area contributed by atoms with Gasteiger partial charge in [0.05, 0.1) is 7.11 Å². The van der Waals surface area contributed by atoms with E-state index in [0.717, 1.165) is 19.3 Å². The quantitative estimate of drug-likeness (QED) is 0.273. The van der Waals surface area contributed by atoms with Gasteiger partial charge in [-0.25, -0.2) is 0 Å². The summed E-state index contributed by atoms with van der Waals surface area (Å²) in [6.45, 7) is 2.21. The van der Waals surface area contributed by atoms with Gasteiger partial charge in [0, 0.05) is 6.42 Å². The summed E-state index contributed by atoms with van der Waals surface area (Å²) in [4.78, 5) is 10.9. The molecule has 0 fully saturated rings. The SMILES string of the molecule is CCCC/C=C/C=C/C=C\CCCCCCC(=O)OC. The van der Waals surface area contributed by atoms with Crippen LogP contribution in [0.5, 0.6) is 0 Å². The molecule has 0 rings (SSSR count). The summed E-state index contributed by atoms with van der Waals surface area (Å²) in [6, 6.07) is 0. The molecule has 20 heavy (non-hydrogen) atoms. The molecule has 2 heteroatoms. The topological polar surface area (TPSA) is 26.3 Å². The Balaban J connectivity index is 3.33. The third-order valence-electron chi connectivity index (χ3n) is 3.06. The zero-order chi connectivity index (χ0) is 14.9. The predicted octanol–water partition coefficient (Wildman–Crippen LogP) is 5.36. The lowest BCUT2D eigenvalue weighted by molar-refractivity contribution is -0.140. The van der Waals surface area contributed by atoms with Crippen molar-refractivity contribution >= 4 is 5.97 Å². The zero-order valence-electron chi connectivity index (χ0n) is 13.1. The second-order valence-corrected chi connectivity index (χ2v) is 4.91. The van der Waals surface area contributed by atoms with Crippen LogP contribution in [0, 0.1) is 0 Å². The molecule has 0 saturated heterocycles. The molecule has 0 atom stereocenters. The van der Waals surface area contributed by atoms with Gasteiger partial charge in [0.2, 0.25) is 0 Å². The fourth-order valence-corrected chi connectivity index (χ4v) is 1.79. The average molecular weight is 278 g/mol. The van der Waals surface area contributed by atoms with E-state index in [1.165, 1.54) is 39.2 Å². The minimum absolute atomic E-state index is 0.0953. The molecule has 0 aromatic carbocycles. The van der Waals surface area contributed by atoms with Crippen molar-refractivity contribution in [2.75, 3.05) is 7.11 Å². The highest BCUT2D eigenvalue weighted by molar-refractivity contribution is 5.68. The van der Waals surface area contributed by atoms with Crippen LogP contribution in [0.1, 0.15) is 64.7 Å². The van der Waals surface area contributed by atoms with Gasteiger partial charge in [-0.1, -0.05) is 69.1 Å². The maximum Gasteiger partial charge on any atom is 0.305 e. The summed E-state index contributed by atoms with van der Waals surface area (Å²) in [6.07, 6.45) is 22.6. The first-order valence-electron chi connectivity index (χ1n) is 7.86. The molecule has 0 aliphatic heterocycles. The summed E-state index contributed by atoms with van der Waals surface area (Å²) >= 11 is 0. The van der Waals surface area contributed by atoms with Crippen LogP contribution in [0.4, 0.5) is 0 Å². The second-order valence-electron chi connectivity index (χ2n) is 4.91. The molecule has 0 amide bonds. The Morgan fingerprint density at radius 2 is 1.45 bits per heavy atom. The highest BCUT2D eigenvalue weighted by atomic mass is 16.5. The van der Waals surface area contributed by atoms with E-state index in [4.69, 9.17) is 0 Å². The van der Waals surface area contributed by atoms with E-state index in [0.29, 0.717) is 6.42 Å². The van der Waals surface area contributed by atoms with Crippen molar-refractivity contribution in [3.8, 4) is 0 Å². The Labute approximate surface area is 124 Å². The number of unbranched alkanes of at least 4 members (excludes halogenated alkanes) is 6. The number of esters is 1. The standard InChI is InChI=1S/C18H30O2/c1-3-4-5-6-7-8-9-10-11-12-13-14-15-16-17-18(19)20-2/h6-11H,3-5,12-17H2,1-2H3/b7-6+,9-8+,11-10-. The summed E-state index contributed by atoms with van der Waals surface area (Å²) in [5.41, 5.74) is 0. The van der Waals surface area contributed by atoms with E-state index in [1.807, 2.05) is 0 Å². The van der Waals surface area contributed by atoms with Crippen molar-refractivity contribution < 1.29 is 9.53 Å². The minimum atomic E-state index is -0.0953. The minimum Gasteiger partial charge on any atom is -0.469 e. The average Bonchev–Trinajstić information content (AvgIpc) is 2.47. The van der Waals surface area contributed by atoms with Crippen LogP contribution in [0.3, 0.4) is 0 Å². The molecule has 0 aromatic heterocycles. The summed E-state index contributed by atoms with van der Waals surface area (Å²) in [7, 11) is 1.44. The van der Waals surface area contributed by atoms with E-state index >= 15 is 0 Å². The number of ether oxygens (including phenoxy) is 1. The van der Waals surface area contributed by atoms with Crippen molar-refractivity contribution in [2.45, 2.75) is 64.7 Å². The van der Waals surface area contributed by atoms with Gasteiger partial charge in [0.25, 0.3) is 0 Å². The molecule has 0 heterocycles. The summed E-state index contributed by atoms with van der Waals surface area (Å²) < 4.78 is 4.60. The van der Waals surface area contributed by atoms with E-state index < -0.39 is 0 Å². The van der Waals surface area contributed by atoms with Crippen LogP contribution in [0.25, 0.3) is 0 Å². The highest BCUT2D eigenvalue weighted by Crippen LogP contribution is 2.06. The number of hydrogen-bond donors (Lipinski definition) is 0. The van der Waals surface area contributed by atoms with Gasteiger partial charge in [-0.3, -0.25) is 4.79 Å². The predicted molar refractivity (Wildman–Crippen MR) is 86.7 cm³/mol. The monoisotopic (exact) mass is 278 g/mol. The Morgan fingerprint density at radius 1 is 0.850 bits per heavy atom. The smallest absolute Gasteiger partial charge is 0.305 e. The van der Waals surface area contributed by atoms with Crippen LogP contribution < -0.4 is 0 Å². The summed E-state index contributed by atoms with van der Waals surface area (Å²) in [5.74, 6) is -0.0953. The molecule has 0 aromatic rings. The fourth-order valence-electron chi connectivity index (χ4n) is 1.79. The normalized spacial score (nSPS) is 11.9. The third kappa shape index (κ3) is 14.7. The number of rotatable bonds is 12. The Kier molecular flexibility index (Phi) is 14.7. The summed E-state index contributed by atoms with van der Waals surface area (Å²) in [5, 5.41) is 0. The molecule has 0 bridgehead atoms. The van der Waals surface area contributed by atoms with E-state index in [2.05, 4.69) is 48.1 Å². The van der Waals surface area contributed by atoms with Crippen molar-refractivity contribution in [3.05, 3.63) is 36.5 Å². The zero-order valence-corrected chi connectivity index (χ0v) is 13.1. The lowest BCUT2D eigenvalue weighted by Crippen LogP contribution is -1.98. The molecule has 114 valence electrons. The molecule has 0 aliphatic rings. The molecule has 0 N–H and O–H groups in total. The first kappa shape index (κ1) is 18.7. The van der Waals surface area contributed by atoms with E-state index in [9.17, 15) is 4.79 Å². The van der Waals surface area contributed by atoms with Gasteiger partial charge >= 0.3 is 5.97 Å². The van der Waals surface area contributed by atoms with Gasteiger partial charge < -0.3 is 4.74 Å². The molecule has 0 aliphatic carbocycles. The second kappa shape index (κ2) is 15.7. The Bertz CT molecular complexity index is 301.